The van der Waals surface area contributed by atoms with E-state index in [1.807, 2.05) is 66.7 Å². The molecule has 0 amide bonds. The van der Waals surface area contributed by atoms with Crippen LogP contribution in [0.15, 0.2) is 149 Å². The van der Waals surface area contributed by atoms with Gasteiger partial charge in [0.15, 0.2) is 0 Å². The van der Waals surface area contributed by atoms with E-state index in [9.17, 15) is 10.2 Å². The fraction of sp³-hybridized carbons (Fsp3) is 0.231. The van der Waals surface area contributed by atoms with E-state index in [1.165, 1.54) is 11.1 Å². The molecular weight excluding hydrogens is 514 g/mol. The number of rotatable bonds is 8. The second kappa shape index (κ2) is 12.2. The topological polar surface area (TPSA) is 52.5 Å². The molecule has 0 saturated carbocycles. The molecule has 3 heteroatoms. The van der Waals surface area contributed by atoms with E-state index < -0.39 is 10.8 Å². The van der Waals surface area contributed by atoms with Crippen LogP contribution in [-0.4, -0.2) is 16.3 Å². The van der Waals surface area contributed by atoms with Crippen LogP contribution < -0.4 is 5.32 Å². The van der Waals surface area contributed by atoms with Gasteiger partial charge in [0.25, 0.3) is 0 Å². The lowest BCUT2D eigenvalue weighted by atomic mass is 9.67. The Kier molecular flexibility index (Phi) is 8.40. The summed E-state index contributed by atoms with van der Waals surface area (Å²) in [6.45, 7) is 8.46. The predicted molar refractivity (Wildman–Crippen MR) is 177 cm³/mol. The van der Waals surface area contributed by atoms with Crippen LogP contribution in [0.25, 0.3) is 12.2 Å². The third-order valence-electron chi connectivity index (χ3n) is 9.09. The van der Waals surface area contributed by atoms with Crippen LogP contribution in [0.4, 0.5) is 5.69 Å². The Labute approximate surface area is 250 Å². The van der Waals surface area contributed by atoms with E-state index in [2.05, 4.69) is 93.7 Å². The normalized spacial score (nSPS) is 23.7. The van der Waals surface area contributed by atoms with E-state index in [-0.39, 0.29) is 6.04 Å². The molecule has 0 aliphatic heterocycles. The first-order chi connectivity index (χ1) is 20.2. The van der Waals surface area contributed by atoms with Crippen molar-refractivity contribution in [2.24, 2.45) is 10.8 Å². The number of anilines is 1. The third kappa shape index (κ3) is 6.06. The van der Waals surface area contributed by atoms with Gasteiger partial charge in [-0.2, -0.15) is 0 Å². The van der Waals surface area contributed by atoms with Gasteiger partial charge in [-0.05, 0) is 87.1 Å². The van der Waals surface area contributed by atoms with Crippen molar-refractivity contribution in [2.75, 3.05) is 5.32 Å². The molecule has 0 heterocycles. The maximum atomic E-state index is 11.2. The molecule has 2 unspecified atom stereocenters. The number of hydrogen-bond donors (Lipinski definition) is 3. The second-order valence-corrected chi connectivity index (χ2v) is 12.0. The van der Waals surface area contributed by atoms with Gasteiger partial charge >= 0.3 is 0 Å². The van der Waals surface area contributed by atoms with E-state index in [0.29, 0.717) is 24.4 Å². The first-order valence-corrected chi connectivity index (χ1v) is 14.7. The Morgan fingerprint density at radius 2 is 1.00 bits per heavy atom. The third-order valence-corrected chi connectivity index (χ3v) is 9.09. The first kappa shape index (κ1) is 29.0. The van der Waals surface area contributed by atoms with Crippen LogP contribution in [-0.2, 0) is 0 Å². The average molecular weight is 556 g/mol. The molecule has 5 rings (SSSR count). The minimum atomic E-state index is -0.545. The van der Waals surface area contributed by atoms with Crippen molar-refractivity contribution in [3.05, 3.63) is 160 Å². The number of allylic oxidation sites excluding steroid dienone is 6. The van der Waals surface area contributed by atoms with Crippen LogP contribution in [0.2, 0.25) is 0 Å². The number of para-hydroxylation sites is 1. The minimum Gasteiger partial charge on any atom is -0.511 e. The molecule has 0 radical (unpaired) electrons. The first-order valence-electron chi connectivity index (χ1n) is 14.7. The van der Waals surface area contributed by atoms with Crippen LogP contribution in [0.1, 0.15) is 51.7 Å². The van der Waals surface area contributed by atoms with Gasteiger partial charge in [-0.25, -0.2) is 0 Å². The lowest BCUT2D eigenvalue weighted by Crippen LogP contribution is -2.35. The summed E-state index contributed by atoms with van der Waals surface area (Å²) in [6, 6.07) is 30.7. The van der Waals surface area contributed by atoms with Gasteiger partial charge in [0.1, 0.15) is 11.5 Å². The van der Waals surface area contributed by atoms with Crippen LogP contribution in [0.3, 0.4) is 0 Å². The molecule has 3 aromatic carbocycles. The Morgan fingerprint density at radius 3 is 1.40 bits per heavy atom. The molecule has 0 bridgehead atoms. The summed E-state index contributed by atoms with van der Waals surface area (Å²) < 4.78 is 0. The van der Waals surface area contributed by atoms with Gasteiger partial charge in [0.2, 0.25) is 0 Å². The molecule has 0 fully saturated rings. The lowest BCUT2D eigenvalue weighted by molar-refractivity contribution is 0.261. The monoisotopic (exact) mass is 555 g/mol. The van der Waals surface area contributed by atoms with Gasteiger partial charge in [0, 0.05) is 16.5 Å². The zero-order valence-electron chi connectivity index (χ0n) is 25.0. The number of hydrogen-bond acceptors (Lipinski definition) is 3. The summed E-state index contributed by atoms with van der Waals surface area (Å²) in [7, 11) is 0. The highest BCUT2D eigenvalue weighted by Gasteiger charge is 2.40. The van der Waals surface area contributed by atoms with Gasteiger partial charge in [-0.3, -0.25) is 0 Å². The predicted octanol–water partition coefficient (Wildman–Crippen LogP) is 10.2. The fourth-order valence-corrected chi connectivity index (χ4v) is 5.98. The molecule has 0 saturated heterocycles. The maximum absolute atomic E-state index is 11.2. The molecule has 3 nitrogen and oxygen atoms in total. The van der Waals surface area contributed by atoms with Crippen molar-refractivity contribution in [1.82, 2.24) is 0 Å². The lowest BCUT2D eigenvalue weighted by Gasteiger charge is -2.40. The summed E-state index contributed by atoms with van der Waals surface area (Å²) in [5.41, 5.74) is 6.75. The highest BCUT2D eigenvalue weighted by atomic mass is 16.3. The molecule has 0 spiro atoms. The zero-order valence-corrected chi connectivity index (χ0v) is 25.0. The highest BCUT2D eigenvalue weighted by Crippen LogP contribution is 2.48. The second-order valence-electron chi connectivity index (χ2n) is 12.0. The smallest absolute Gasteiger partial charge is 0.102 e. The Bertz CT molecular complexity index is 1490. The number of nitrogens with one attached hydrogen (secondary N) is 1. The molecule has 2 aliphatic carbocycles. The van der Waals surface area contributed by atoms with E-state index >= 15 is 0 Å². The quantitative estimate of drug-likeness (QED) is 0.259. The molecule has 3 aromatic rings. The number of aliphatic hydroxyl groups excluding tert-OH is 2. The van der Waals surface area contributed by atoms with Gasteiger partial charge in [-0.1, -0.05) is 114 Å². The summed E-state index contributed by atoms with van der Waals surface area (Å²) >= 11 is 0. The van der Waals surface area contributed by atoms with Gasteiger partial charge < -0.3 is 15.5 Å². The maximum Gasteiger partial charge on any atom is 0.102 e. The Hall–Kier alpha value is -4.50. The standard InChI is InChI=1S/C39H41NO2/c1-28(24-30-14-8-5-9-15-30)38(3)26-32(20-22-35(38)41)37(40-34-18-12-7-13-19-34)33-21-23-36(42)39(4,27-33)29(2)25-31-16-10-6-11-17-31/h5-25,37,40-42H,26-27H2,1-4H3. The summed E-state index contributed by atoms with van der Waals surface area (Å²) in [4.78, 5) is 0. The molecule has 2 atom stereocenters. The fourth-order valence-electron chi connectivity index (χ4n) is 5.98. The summed E-state index contributed by atoms with van der Waals surface area (Å²) in [5.74, 6) is 0.743. The van der Waals surface area contributed by atoms with Crippen molar-refractivity contribution in [2.45, 2.75) is 46.6 Å². The molecule has 42 heavy (non-hydrogen) atoms. The molecule has 0 aromatic heterocycles. The van der Waals surface area contributed by atoms with Crippen LogP contribution in [0.5, 0.6) is 0 Å². The van der Waals surface area contributed by atoms with Crippen molar-refractivity contribution in [3.8, 4) is 0 Å². The largest absolute Gasteiger partial charge is 0.511 e. The van der Waals surface area contributed by atoms with Crippen LogP contribution >= 0.6 is 0 Å². The van der Waals surface area contributed by atoms with E-state index in [1.54, 1.807) is 0 Å². The van der Waals surface area contributed by atoms with Crippen molar-refractivity contribution < 1.29 is 10.2 Å². The zero-order chi connectivity index (χ0) is 29.7. The Morgan fingerprint density at radius 1 is 0.619 bits per heavy atom. The number of aliphatic hydroxyl groups is 2. The molecule has 3 N–H and O–H groups in total. The van der Waals surface area contributed by atoms with Crippen molar-refractivity contribution >= 4 is 17.8 Å². The van der Waals surface area contributed by atoms with Crippen molar-refractivity contribution in [1.29, 1.82) is 0 Å². The molecule has 214 valence electrons. The SMILES string of the molecule is CC(=Cc1ccccc1)C1(C)CC(C(Nc2ccccc2)C2=CC=C(O)C(C)(C(C)=Cc3ccccc3)C2)=CC=C1O. The summed E-state index contributed by atoms with van der Waals surface area (Å²) in [5, 5.41) is 26.2. The van der Waals surface area contributed by atoms with Crippen LogP contribution in [0, 0.1) is 10.8 Å². The number of benzene rings is 3. The molecular formula is C39H41NO2. The Balaban J connectivity index is 1.51. The van der Waals surface area contributed by atoms with E-state index in [0.717, 1.165) is 28.0 Å². The van der Waals surface area contributed by atoms with E-state index in [4.69, 9.17) is 0 Å². The van der Waals surface area contributed by atoms with Gasteiger partial charge in [-0.15, -0.1) is 0 Å². The van der Waals surface area contributed by atoms with Gasteiger partial charge in [0.05, 0.1) is 6.04 Å². The molecule has 2 aliphatic rings. The van der Waals surface area contributed by atoms with Crippen molar-refractivity contribution in [3.63, 3.8) is 0 Å². The minimum absolute atomic E-state index is 0.117. The average Bonchev–Trinajstić information content (AvgIpc) is 3.00. The highest BCUT2D eigenvalue weighted by molar-refractivity contribution is 5.59. The summed E-state index contributed by atoms with van der Waals surface area (Å²) in [6.07, 6.45) is 13.5.